The fraction of sp³-hybridized carbons (Fsp3) is 0.261. The fourth-order valence-corrected chi connectivity index (χ4v) is 4.87. The Kier molecular flexibility index (Phi) is 8.33. The van der Waals surface area contributed by atoms with Gasteiger partial charge in [-0.3, -0.25) is 0 Å². The lowest BCUT2D eigenvalue weighted by molar-refractivity contribution is -0.653. The molecule has 0 bridgehead atoms. The van der Waals surface area contributed by atoms with Gasteiger partial charge in [0.2, 0.25) is 0 Å². The van der Waals surface area contributed by atoms with Crippen molar-refractivity contribution < 1.29 is 22.1 Å². The van der Waals surface area contributed by atoms with E-state index in [1.54, 1.807) is 11.3 Å². The molecule has 0 fully saturated rings. The van der Waals surface area contributed by atoms with E-state index in [0.717, 1.165) is 51.4 Å². The van der Waals surface area contributed by atoms with Crippen molar-refractivity contribution >= 4 is 55.6 Å². The normalized spacial score (nSPS) is 10.8. The highest BCUT2D eigenvalue weighted by atomic mass is 35.5. The van der Waals surface area contributed by atoms with Crippen molar-refractivity contribution in [3.63, 3.8) is 0 Å². The van der Waals surface area contributed by atoms with Crippen LogP contribution in [0.3, 0.4) is 0 Å². The number of anilines is 2. The van der Waals surface area contributed by atoms with E-state index in [1.165, 1.54) is 5.52 Å². The molecule has 1 aromatic heterocycles. The lowest BCUT2D eigenvalue weighted by atomic mass is 10.0. The largest absolute Gasteiger partial charge is 1.00 e. The van der Waals surface area contributed by atoms with Crippen molar-refractivity contribution in [3.05, 3.63) is 60.2 Å². The molecular weight excluding hydrogens is 437 g/mol. The predicted octanol–water partition coefficient (Wildman–Crippen LogP) is 2.48. The number of aryl methyl sites for hydroxylation is 2. The Hall–Kier alpha value is -2.05. The number of nitrogens with zero attached hydrogens (tertiary/aromatic N) is 2. The summed E-state index contributed by atoms with van der Waals surface area (Å²) in [5, 5.41) is 17.5. The summed E-state index contributed by atoms with van der Waals surface area (Å²) < 4.78 is 3.52. The predicted molar refractivity (Wildman–Crippen MR) is 126 cm³/mol. The first-order valence-electron chi connectivity index (χ1n) is 9.59. The summed E-state index contributed by atoms with van der Waals surface area (Å²) >= 11 is 1.71. The monoisotopic (exact) mass is 463 g/mol. The van der Waals surface area contributed by atoms with Gasteiger partial charge in [-0.2, -0.15) is 0 Å². The highest BCUT2D eigenvalue weighted by molar-refractivity contribution is 7.22. The topological polar surface area (TPSA) is 39.4 Å². The van der Waals surface area contributed by atoms with Crippen LogP contribution in [0, 0.1) is 6.92 Å². The smallest absolute Gasteiger partial charge is 0.340 e. The van der Waals surface area contributed by atoms with Crippen molar-refractivity contribution in [2.75, 3.05) is 26.0 Å². The standard InChI is InChI=1S/C23H25N3OS.2ClH/c1-16-21(27)19-13-8-7-12-18(19)20-22(16)28-23(24-17-10-5-4-6-11-17)26(20)15-9-14-25(2)3;;/h4-8,10-13,27H,9,14-15H2,1-3H3;2*1H. The Balaban J connectivity index is 0.00000160. The van der Waals surface area contributed by atoms with Gasteiger partial charge < -0.3 is 22.4 Å². The number of rotatable bonds is 6. The first-order valence-corrected chi connectivity index (χ1v) is 10.4. The zero-order valence-corrected chi connectivity index (χ0v) is 19.7. The highest BCUT2D eigenvalue weighted by Gasteiger charge is 2.24. The van der Waals surface area contributed by atoms with Crippen LogP contribution < -0.4 is 22.3 Å². The number of hydrogen-bond acceptors (Lipinski definition) is 4. The second-order valence-corrected chi connectivity index (χ2v) is 8.40. The van der Waals surface area contributed by atoms with Crippen molar-refractivity contribution in [2.24, 2.45) is 0 Å². The Morgan fingerprint density at radius 1 is 1.00 bits per heavy atom. The molecule has 4 aromatic rings. The summed E-state index contributed by atoms with van der Waals surface area (Å²) in [4.78, 5) is 2.22. The third-order valence-electron chi connectivity index (χ3n) is 5.07. The molecule has 0 amide bonds. The SMILES string of the molecule is Cc1c(O)c2ccccc2c2c1sc(Nc1ccccc1)[n+]2CCCN(C)C.Cl.[Cl-]. The van der Waals surface area contributed by atoms with Gasteiger partial charge in [0.1, 0.15) is 11.4 Å². The minimum atomic E-state index is 0. The summed E-state index contributed by atoms with van der Waals surface area (Å²) in [6, 6.07) is 18.4. The van der Waals surface area contributed by atoms with Gasteiger partial charge in [0.05, 0.1) is 11.2 Å². The van der Waals surface area contributed by atoms with Crippen LogP contribution in [0.4, 0.5) is 10.8 Å². The number of para-hydroxylation sites is 1. The molecule has 160 valence electrons. The van der Waals surface area contributed by atoms with Crippen LogP contribution >= 0.6 is 23.7 Å². The number of phenols is 1. The number of benzene rings is 3. The van der Waals surface area contributed by atoms with Crippen LogP contribution in [0.2, 0.25) is 0 Å². The number of halogens is 2. The average Bonchev–Trinajstić information content (AvgIpc) is 3.05. The maximum Gasteiger partial charge on any atom is 0.340 e. The molecule has 4 rings (SSSR count). The van der Waals surface area contributed by atoms with E-state index in [2.05, 4.69) is 47.1 Å². The average molecular weight is 464 g/mol. The molecule has 0 saturated heterocycles. The molecule has 1 heterocycles. The van der Waals surface area contributed by atoms with Gasteiger partial charge in [0.25, 0.3) is 0 Å². The zero-order valence-electron chi connectivity index (χ0n) is 17.4. The first kappa shape index (κ1) is 24.2. The van der Waals surface area contributed by atoms with Crippen LogP contribution in [0.25, 0.3) is 21.0 Å². The lowest BCUT2D eigenvalue weighted by Gasteiger charge is -2.10. The van der Waals surface area contributed by atoms with Gasteiger partial charge in [-0.25, -0.2) is 9.88 Å². The molecule has 4 nitrogen and oxygen atoms in total. The number of phenolic OH excluding ortho intramolecular Hbond substituents is 1. The van der Waals surface area contributed by atoms with Gasteiger partial charge in [0, 0.05) is 22.9 Å². The van der Waals surface area contributed by atoms with Gasteiger partial charge in [0.15, 0.2) is 5.52 Å². The molecule has 30 heavy (non-hydrogen) atoms. The van der Waals surface area contributed by atoms with Crippen LogP contribution in [0.1, 0.15) is 12.0 Å². The van der Waals surface area contributed by atoms with E-state index in [-0.39, 0.29) is 24.8 Å². The van der Waals surface area contributed by atoms with Gasteiger partial charge in [-0.1, -0.05) is 36.4 Å². The quantitative estimate of drug-likeness (QED) is 0.431. The molecule has 0 aliphatic carbocycles. The molecule has 0 unspecified atom stereocenters. The highest BCUT2D eigenvalue weighted by Crippen LogP contribution is 2.40. The summed E-state index contributed by atoms with van der Waals surface area (Å²) in [7, 11) is 4.22. The summed E-state index contributed by atoms with van der Waals surface area (Å²) in [6.07, 6.45) is 1.06. The Morgan fingerprint density at radius 2 is 1.63 bits per heavy atom. The maximum atomic E-state index is 10.8. The molecule has 0 saturated carbocycles. The Bertz CT molecular complexity index is 1130. The number of thiazole rings is 1. The molecular formula is C23H27Cl2N3OS. The zero-order chi connectivity index (χ0) is 19.7. The molecule has 7 heteroatoms. The number of aromatic hydroxyl groups is 1. The third kappa shape index (κ3) is 4.65. The summed E-state index contributed by atoms with van der Waals surface area (Å²) in [6.45, 7) is 3.96. The minimum Gasteiger partial charge on any atom is -1.00 e. The minimum absolute atomic E-state index is 0. The van der Waals surface area contributed by atoms with E-state index in [1.807, 2.05) is 43.3 Å². The second kappa shape index (κ2) is 10.3. The van der Waals surface area contributed by atoms with E-state index < -0.39 is 0 Å². The molecule has 0 aliphatic heterocycles. The van der Waals surface area contributed by atoms with Crippen molar-refractivity contribution in [3.8, 4) is 5.75 Å². The molecule has 3 aromatic carbocycles. The molecule has 0 aliphatic rings. The lowest BCUT2D eigenvalue weighted by Crippen LogP contribution is -3.00. The van der Waals surface area contributed by atoms with E-state index in [0.29, 0.717) is 5.75 Å². The maximum absolute atomic E-state index is 10.8. The third-order valence-corrected chi connectivity index (χ3v) is 6.29. The van der Waals surface area contributed by atoms with Crippen molar-refractivity contribution in [1.82, 2.24) is 4.90 Å². The van der Waals surface area contributed by atoms with Gasteiger partial charge in [-0.15, -0.1) is 12.4 Å². The van der Waals surface area contributed by atoms with Crippen LogP contribution in [0.15, 0.2) is 54.6 Å². The van der Waals surface area contributed by atoms with E-state index in [9.17, 15) is 5.11 Å². The Labute approximate surface area is 194 Å². The number of fused-ring (bicyclic) bond motifs is 3. The van der Waals surface area contributed by atoms with Crippen LogP contribution in [-0.2, 0) is 6.54 Å². The molecule has 2 N–H and O–H groups in total. The van der Waals surface area contributed by atoms with E-state index >= 15 is 0 Å². The molecule has 0 atom stereocenters. The van der Waals surface area contributed by atoms with Crippen LogP contribution in [-0.4, -0.2) is 30.6 Å². The van der Waals surface area contributed by atoms with Crippen molar-refractivity contribution in [2.45, 2.75) is 19.9 Å². The summed E-state index contributed by atoms with van der Waals surface area (Å²) in [5.41, 5.74) is 3.22. The Morgan fingerprint density at radius 3 is 2.30 bits per heavy atom. The number of hydrogen-bond donors (Lipinski definition) is 2. The molecule has 0 spiro atoms. The first-order chi connectivity index (χ1) is 13.6. The number of nitrogens with one attached hydrogen (secondary N) is 1. The van der Waals surface area contributed by atoms with E-state index in [4.69, 9.17) is 0 Å². The molecule has 0 radical (unpaired) electrons. The van der Waals surface area contributed by atoms with Crippen molar-refractivity contribution in [1.29, 1.82) is 0 Å². The van der Waals surface area contributed by atoms with Crippen LogP contribution in [0.5, 0.6) is 5.75 Å². The fourth-order valence-electron chi connectivity index (χ4n) is 3.65. The van der Waals surface area contributed by atoms with Gasteiger partial charge >= 0.3 is 5.13 Å². The van der Waals surface area contributed by atoms with Gasteiger partial charge in [-0.05, 0) is 57.0 Å². The summed E-state index contributed by atoms with van der Waals surface area (Å²) in [5.74, 6) is 0.385. The number of aromatic nitrogens is 1. The second-order valence-electron chi connectivity index (χ2n) is 7.40.